The first kappa shape index (κ1) is 23.8. The smallest absolute Gasteiger partial charge is 0.327 e. The van der Waals surface area contributed by atoms with Gasteiger partial charge in [0.25, 0.3) is 5.91 Å². The molecule has 0 unspecified atom stereocenters. The van der Waals surface area contributed by atoms with Gasteiger partial charge in [0.2, 0.25) is 5.95 Å². The van der Waals surface area contributed by atoms with Crippen LogP contribution in [-0.4, -0.2) is 69.6 Å². The first-order chi connectivity index (χ1) is 16.1. The highest BCUT2D eigenvalue weighted by atomic mass is 32.1. The molecule has 3 aromatic rings. The predicted molar refractivity (Wildman–Crippen MR) is 127 cm³/mol. The highest BCUT2D eigenvalue weighted by Gasteiger charge is 2.32. The van der Waals surface area contributed by atoms with Crippen LogP contribution in [0, 0.1) is 5.82 Å². The Balaban J connectivity index is 1.72. The summed E-state index contributed by atoms with van der Waals surface area (Å²) in [5.41, 5.74) is 6.00. The molecule has 10 nitrogen and oxygen atoms in total. The van der Waals surface area contributed by atoms with Crippen LogP contribution in [-0.2, 0) is 4.74 Å². The summed E-state index contributed by atoms with van der Waals surface area (Å²) < 4.78 is 26.4. The molecule has 0 radical (unpaired) electrons. The number of nitrogens with two attached hydrogens (primary N) is 1. The largest absolute Gasteiger partial charge is 0.421 e. The zero-order valence-corrected chi connectivity index (χ0v) is 20.3. The average Bonchev–Trinajstić information content (AvgIpc) is 3.23. The molecule has 1 aliphatic heterocycles. The zero-order chi connectivity index (χ0) is 24.6. The Labute approximate surface area is 200 Å². The van der Waals surface area contributed by atoms with E-state index in [2.05, 4.69) is 19.9 Å². The van der Waals surface area contributed by atoms with Gasteiger partial charge in [-0.25, -0.2) is 9.37 Å². The van der Waals surface area contributed by atoms with Crippen molar-refractivity contribution in [3.05, 3.63) is 35.8 Å². The van der Waals surface area contributed by atoms with Gasteiger partial charge in [0.05, 0.1) is 29.3 Å². The molecule has 4 rings (SSSR count). The molecule has 0 bridgehead atoms. The van der Waals surface area contributed by atoms with Gasteiger partial charge in [0, 0.05) is 26.2 Å². The van der Waals surface area contributed by atoms with Gasteiger partial charge in [-0.2, -0.15) is 15.0 Å². The number of hydrogen-bond donors (Lipinski definition) is 1. The molecule has 1 saturated heterocycles. The summed E-state index contributed by atoms with van der Waals surface area (Å²) in [6.07, 6.45) is 1.49. The lowest BCUT2D eigenvalue weighted by molar-refractivity contribution is -0.0264. The minimum absolute atomic E-state index is 0.0149. The molecule has 3 heterocycles. The molecule has 12 heteroatoms. The maximum atomic E-state index is 14.8. The lowest BCUT2D eigenvalue weighted by Gasteiger charge is -2.41. The summed E-state index contributed by atoms with van der Waals surface area (Å²) in [5.74, 6) is -0.448. The summed E-state index contributed by atoms with van der Waals surface area (Å²) in [6.45, 7) is 6.55. The number of nitrogen functional groups attached to an aromatic ring is 1. The number of carbonyl (C=O) groups is 1. The fourth-order valence-electron chi connectivity index (χ4n) is 3.58. The van der Waals surface area contributed by atoms with E-state index in [-0.39, 0.29) is 41.5 Å². The molecule has 0 spiro atoms. The Bertz CT molecular complexity index is 1200. The van der Waals surface area contributed by atoms with E-state index >= 15 is 0 Å². The van der Waals surface area contributed by atoms with Gasteiger partial charge in [-0.3, -0.25) is 4.79 Å². The van der Waals surface area contributed by atoms with Crippen molar-refractivity contribution in [1.82, 2.24) is 24.8 Å². The number of aromatic nitrogens is 4. The van der Waals surface area contributed by atoms with Gasteiger partial charge in [-0.15, -0.1) is 0 Å². The van der Waals surface area contributed by atoms with Crippen LogP contribution in [0.2, 0.25) is 0 Å². The van der Waals surface area contributed by atoms with Crippen molar-refractivity contribution in [1.29, 1.82) is 0 Å². The summed E-state index contributed by atoms with van der Waals surface area (Å²) in [5, 5.41) is 0.369. The lowest BCUT2D eigenvalue weighted by atomic mass is 10.1. The van der Waals surface area contributed by atoms with E-state index in [9.17, 15) is 9.18 Å². The van der Waals surface area contributed by atoms with Crippen molar-refractivity contribution < 1.29 is 18.7 Å². The normalized spacial score (nSPS) is 20.3. The molecular weight excluding hydrogens is 461 g/mol. The van der Waals surface area contributed by atoms with Crippen LogP contribution in [0.4, 0.5) is 15.5 Å². The van der Waals surface area contributed by atoms with Crippen LogP contribution >= 0.6 is 11.3 Å². The molecule has 1 fully saturated rings. The third kappa shape index (κ3) is 4.92. The standard InChI is InChI=1S/C22H26FN7O3S/c1-11-10-30(12(2)13(3)32-11)21-26-18(17-9-25-20(24)34-17)27-22(28-21)33-16-7-6-14(8-15(16)23)19(31)29(4)5/h6-9,11-13H,10H2,1-5H3,(H2,24,25)/t11-,12-,13+/m0/s1. The van der Waals surface area contributed by atoms with Crippen LogP contribution in [0.25, 0.3) is 10.7 Å². The Kier molecular flexibility index (Phi) is 6.62. The number of nitrogens with zero attached hydrogens (tertiary/aromatic N) is 6. The van der Waals surface area contributed by atoms with Crippen molar-refractivity contribution in [2.45, 2.75) is 39.0 Å². The van der Waals surface area contributed by atoms with E-state index in [1.807, 2.05) is 25.7 Å². The number of anilines is 2. The van der Waals surface area contributed by atoms with Crippen LogP contribution in [0.3, 0.4) is 0 Å². The van der Waals surface area contributed by atoms with Crippen molar-refractivity contribution in [3.63, 3.8) is 0 Å². The number of hydrogen-bond acceptors (Lipinski definition) is 10. The van der Waals surface area contributed by atoms with Crippen molar-refractivity contribution in [3.8, 4) is 22.5 Å². The fourth-order valence-corrected chi connectivity index (χ4v) is 4.20. The summed E-state index contributed by atoms with van der Waals surface area (Å²) in [6, 6.07) is 3.89. The SMILES string of the molecule is C[C@H]1CN(c2nc(Oc3ccc(C(=O)N(C)C)cc3F)nc(-c3cnc(N)s3)n2)[C@@H](C)[C@@H](C)O1. The van der Waals surface area contributed by atoms with E-state index in [1.165, 1.54) is 28.4 Å². The summed E-state index contributed by atoms with van der Waals surface area (Å²) in [7, 11) is 3.19. The van der Waals surface area contributed by atoms with E-state index in [1.54, 1.807) is 20.3 Å². The molecule has 1 aromatic carbocycles. The van der Waals surface area contributed by atoms with Crippen molar-refractivity contribution in [2.75, 3.05) is 31.3 Å². The second-order valence-corrected chi connectivity index (χ2v) is 9.36. The van der Waals surface area contributed by atoms with Crippen molar-refractivity contribution >= 4 is 28.3 Å². The van der Waals surface area contributed by atoms with Crippen LogP contribution < -0.4 is 15.4 Å². The molecule has 2 aromatic heterocycles. The fraction of sp³-hybridized carbons (Fsp3) is 0.409. The average molecular weight is 488 g/mol. The van der Waals surface area contributed by atoms with E-state index in [0.717, 1.165) is 6.07 Å². The Morgan fingerprint density at radius 1 is 1.26 bits per heavy atom. The number of benzene rings is 1. The molecule has 2 N–H and O–H groups in total. The molecule has 1 aliphatic rings. The van der Waals surface area contributed by atoms with E-state index in [4.69, 9.17) is 15.2 Å². The minimum Gasteiger partial charge on any atom is -0.421 e. The molecule has 3 atom stereocenters. The highest BCUT2D eigenvalue weighted by molar-refractivity contribution is 7.18. The van der Waals surface area contributed by atoms with Crippen molar-refractivity contribution in [2.24, 2.45) is 0 Å². The maximum Gasteiger partial charge on any atom is 0.327 e. The van der Waals surface area contributed by atoms with E-state index < -0.39 is 5.82 Å². The topological polar surface area (TPSA) is 120 Å². The number of carbonyl (C=O) groups excluding carboxylic acids is 1. The number of halogens is 1. The van der Waals surface area contributed by atoms with E-state index in [0.29, 0.717) is 28.3 Å². The Hall–Kier alpha value is -3.38. The third-order valence-electron chi connectivity index (χ3n) is 5.46. The van der Waals surface area contributed by atoms with Gasteiger partial charge in [0.1, 0.15) is 0 Å². The summed E-state index contributed by atoms with van der Waals surface area (Å²) >= 11 is 1.22. The predicted octanol–water partition coefficient (Wildman–Crippen LogP) is 3.21. The Morgan fingerprint density at radius 3 is 2.68 bits per heavy atom. The molecule has 34 heavy (non-hydrogen) atoms. The number of ether oxygens (including phenoxy) is 2. The zero-order valence-electron chi connectivity index (χ0n) is 19.5. The lowest BCUT2D eigenvalue weighted by Crippen LogP contribution is -2.52. The molecule has 0 saturated carbocycles. The van der Waals surface area contributed by atoms with Gasteiger partial charge in [0.15, 0.2) is 22.5 Å². The van der Waals surface area contributed by atoms with Gasteiger partial charge < -0.3 is 25.0 Å². The quantitative estimate of drug-likeness (QED) is 0.578. The number of thiazole rings is 1. The monoisotopic (exact) mass is 487 g/mol. The highest BCUT2D eigenvalue weighted by Crippen LogP contribution is 2.31. The number of morpholine rings is 1. The van der Waals surface area contributed by atoms with Gasteiger partial charge in [-0.05, 0) is 39.0 Å². The number of amides is 1. The second-order valence-electron chi connectivity index (χ2n) is 8.30. The second kappa shape index (κ2) is 9.47. The Morgan fingerprint density at radius 2 is 2.03 bits per heavy atom. The molecular formula is C22H26FN7O3S. The number of rotatable bonds is 5. The minimum atomic E-state index is -0.708. The summed E-state index contributed by atoms with van der Waals surface area (Å²) in [4.78, 5) is 33.7. The van der Waals surface area contributed by atoms with Crippen LogP contribution in [0.15, 0.2) is 24.4 Å². The maximum absolute atomic E-state index is 14.8. The molecule has 1 amide bonds. The molecule has 0 aliphatic carbocycles. The van der Waals surface area contributed by atoms with Gasteiger partial charge >= 0.3 is 6.01 Å². The van der Waals surface area contributed by atoms with Crippen LogP contribution in [0.1, 0.15) is 31.1 Å². The van der Waals surface area contributed by atoms with Gasteiger partial charge in [-0.1, -0.05) is 11.3 Å². The first-order valence-corrected chi connectivity index (χ1v) is 11.5. The molecule has 180 valence electrons. The first-order valence-electron chi connectivity index (χ1n) is 10.7. The van der Waals surface area contributed by atoms with Crippen LogP contribution in [0.5, 0.6) is 11.8 Å². The third-order valence-corrected chi connectivity index (χ3v) is 6.28.